The summed E-state index contributed by atoms with van der Waals surface area (Å²) in [5.74, 6) is 4.22. The van der Waals surface area contributed by atoms with Gasteiger partial charge in [0.1, 0.15) is 0 Å². The summed E-state index contributed by atoms with van der Waals surface area (Å²) >= 11 is 0. The van der Waals surface area contributed by atoms with Crippen LogP contribution in [0.3, 0.4) is 0 Å². The van der Waals surface area contributed by atoms with E-state index in [1.165, 1.54) is 19.4 Å². The van der Waals surface area contributed by atoms with Crippen LogP contribution in [0.4, 0.5) is 0 Å². The lowest BCUT2D eigenvalue weighted by molar-refractivity contribution is 0.291. The molecule has 4 unspecified atom stereocenters. The van der Waals surface area contributed by atoms with E-state index in [9.17, 15) is 0 Å². The van der Waals surface area contributed by atoms with Crippen LogP contribution in [0.25, 0.3) is 0 Å². The number of nitrogens with one attached hydrogen (secondary N) is 1. The third kappa shape index (κ3) is 1.88. The van der Waals surface area contributed by atoms with Gasteiger partial charge in [-0.25, -0.2) is 0 Å². The molecule has 1 nitrogen and oxygen atoms in total. The fourth-order valence-corrected chi connectivity index (χ4v) is 3.04. The summed E-state index contributed by atoms with van der Waals surface area (Å²) in [6.45, 7) is 7.86. The van der Waals surface area contributed by atoms with Gasteiger partial charge in [-0.2, -0.15) is 0 Å². The second kappa shape index (κ2) is 4.06. The SMILES string of the molecule is C/C=C\CC1CC2C(CNC(C)C)C12. The van der Waals surface area contributed by atoms with Gasteiger partial charge in [-0.3, -0.25) is 0 Å². The molecule has 0 saturated heterocycles. The second-order valence-corrected chi connectivity index (χ2v) is 5.27. The van der Waals surface area contributed by atoms with Crippen LogP contribution in [0.1, 0.15) is 33.6 Å². The topological polar surface area (TPSA) is 12.0 Å². The van der Waals surface area contributed by atoms with Crippen molar-refractivity contribution in [2.75, 3.05) is 6.54 Å². The first-order valence-electron chi connectivity index (χ1n) is 6.08. The lowest BCUT2D eigenvalue weighted by atomic mass is 9.83. The minimum Gasteiger partial charge on any atom is -0.314 e. The molecule has 2 rings (SSSR count). The van der Waals surface area contributed by atoms with E-state index in [0.29, 0.717) is 6.04 Å². The molecule has 0 aromatic carbocycles. The molecule has 0 aliphatic heterocycles. The van der Waals surface area contributed by atoms with Crippen molar-refractivity contribution in [1.82, 2.24) is 5.32 Å². The first kappa shape index (κ1) is 10.2. The van der Waals surface area contributed by atoms with Crippen LogP contribution in [-0.4, -0.2) is 12.6 Å². The molecule has 2 aliphatic rings. The first-order valence-corrected chi connectivity index (χ1v) is 6.08. The highest BCUT2D eigenvalue weighted by Crippen LogP contribution is 2.65. The molecule has 14 heavy (non-hydrogen) atoms. The largest absolute Gasteiger partial charge is 0.314 e. The number of rotatable bonds is 5. The molecule has 0 spiro atoms. The molecule has 0 aromatic rings. The lowest BCUT2D eigenvalue weighted by Gasteiger charge is -2.22. The minimum absolute atomic E-state index is 0.656. The zero-order chi connectivity index (χ0) is 10.1. The van der Waals surface area contributed by atoms with Gasteiger partial charge >= 0.3 is 0 Å². The Bertz CT molecular complexity index is 219. The van der Waals surface area contributed by atoms with E-state index in [1.807, 2.05) is 0 Å². The molecule has 2 aliphatic carbocycles. The molecule has 4 atom stereocenters. The van der Waals surface area contributed by atoms with Gasteiger partial charge in [0.2, 0.25) is 0 Å². The molecular weight excluding hydrogens is 170 g/mol. The van der Waals surface area contributed by atoms with E-state index in [-0.39, 0.29) is 0 Å². The maximum atomic E-state index is 3.57. The highest BCUT2D eigenvalue weighted by Gasteiger charge is 2.61. The number of hydrogen-bond donors (Lipinski definition) is 1. The van der Waals surface area contributed by atoms with Crippen LogP contribution in [0.2, 0.25) is 0 Å². The van der Waals surface area contributed by atoms with E-state index in [1.54, 1.807) is 0 Å². The molecule has 0 aromatic heterocycles. The van der Waals surface area contributed by atoms with E-state index in [0.717, 1.165) is 23.7 Å². The fraction of sp³-hybridized carbons (Fsp3) is 0.846. The van der Waals surface area contributed by atoms with E-state index < -0.39 is 0 Å². The van der Waals surface area contributed by atoms with Crippen molar-refractivity contribution in [3.63, 3.8) is 0 Å². The van der Waals surface area contributed by atoms with Crippen molar-refractivity contribution in [3.05, 3.63) is 12.2 Å². The monoisotopic (exact) mass is 193 g/mol. The van der Waals surface area contributed by atoms with E-state index in [2.05, 4.69) is 38.2 Å². The summed E-state index contributed by atoms with van der Waals surface area (Å²) < 4.78 is 0. The van der Waals surface area contributed by atoms with Crippen molar-refractivity contribution in [2.45, 2.75) is 39.7 Å². The number of hydrogen-bond acceptors (Lipinski definition) is 1. The van der Waals surface area contributed by atoms with Crippen LogP contribution < -0.4 is 5.32 Å². The van der Waals surface area contributed by atoms with Gasteiger partial charge in [0.25, 0.3) is 0 Å². The van der Waals surface area contributed by atoms with Gasteiger partial charge in [-0.15, -0.1) is 0 Å². The average Bonchev–Trinajstić information content (AvgIpc) is 2.68. The summed E-state index contributed by atoms with van der Waals surface area (Å²) in [5, 5.41) is 3.57. The van der Waals surface area contributed by atoms with Crippen LogP contribution >= 0.6 is 0 Å². The van der Waals surface area contributed by atoms with Gasteiger partial charge < -0.3 is 5.32 Å². The fourth-order valence-electron chi connectivity index (χ4n) is 3.04. The molecular formula is C13H23N. The Morgan fingerprint density at radius 1 is 1.43 bits per heavy atom. The van der Waals surface area contributed by atoms with Gasteiger partial charge in [0.15, 0.2) is 0 Å². The summed E-state index contributed by atoms with van der Waals surface area (Å²) in [4.78, 5) is 0. The zero-order valence-electron chi connectivity index (χ0n) is 9.66. The Kier molecular flexibility index (Phi) is 2.96. The molecule has 2 fully saturated rings. The predicted octanol–water partition coefficient (Wildman–Crippen LogP) is 2.83. The van der Waals surface area contributed by atoms with Gasteiger partial charge in [0.05, 0.1) is 0 Å². The molecule has 0 heterocycles. The zero-order valence-corrected chi connectivity index (χ0v) is 9.66. The Hall–Kier alpha value is -0.300. The molecule has 0 bridgehead atoms. The minimum atomic E-state index is 0.656. The van der Waals surface area contributed by atoms with Crippen molar-refractivity contribution in [2.24, 2.45) is 23.7 Å². The quantitative estimate of drug-likeness (QED) is 0.662. The van der Waals surface area contributed by atoms with E-state index in [4.69, 9.17) is 0 Å². The average molecular weight is 193 g/mol. The van der Waals surface area contributed by atoms with Crippen molar-refractivity contribution in [3.8, 4) is 0 Å². The van der Waals surface area contributed by atoms with Gasteiger partial charge in [0, 0.05) is 6.04 Å². The van der Waals surface area contributed by atoms with Gasteiger partial charge in [-0.1, -0.05) is 26.0 Å². The van der Waals surface area contributed by atoms with E-state index >= 15 is 0 Å². The lowest BCUT2D eigenvalue weighted by Crippen LogP contribution is -2.25. The highest BCUT2D eigenvalue weighted by atomic mass is 14.9. The Labute approximate surface area is 88.0 Å². The molecule has 1 N–H and O–H groups in total. The molecule has 2 saturated carbocycles. The third-order valence-corrected chi connectivity index (χ3v) is 3.95. The summed E-state index contributed by atoms with van der Waals surface area (Å²) in [6.07, 6.45) is 7.36. The first-order chi connectivity index (χ1) is 6.74. The van der Waals surface area contributed by atoms with Gasteiger partial charge in [-0.05, 0) is 50.0 Å². The molecule has 80 valence electrons. The molecule has 0 radical (unpaired) electrons. The van der Waals surface area contributed by atoms with Crippen molar-refractivity contribution < 1.29 is 0 Å². The number of fused-ring (bicyclic) bond motifs is 1. The molecule has 1 heteroatoms. The van der Waals surface area contributed by atoms with Crippen LogP contribution in [0.5, 0.6) is 0 Å². The maximum absolute atomic E-state index is 3.57. The van der Waals surface area contributed by atoms with Crippen LogP contribution in [-0.2, 0) is 0 Å². The summed E-state index contributed by atoms with van der Waals surface area (Å²) in [6, 6.07) is 0.656. The normalized spacial score (nSPS) is 40.0. The second-order valence-electron chi connectivity index (χ2n) is 5.27. The Morgan fingerprint density at radius 3 is 2.86 bits per heavy atom. The Balaban J connectivity index is 1.66. The maximum Gasteiger partial charge on any atom is 0.00104 e. The summed E-state index contributed by atoms with van der Waals surface area (Å²) in [7, 11) is 0. The van der Waals surface area contributed by atoms with Crippen LogP contribution in [0.15, 0.2) is 12.2 Å². The summed E-state index contributed by atoms with van der Waals surface area (Å²) in [5.41, 5.74) is 0. The Morgan fingerprint density at radius 2 is 2.21 bits per heavy atom. The van der Waals surface area contributed by atoms with Crippen molar-refractivity contribution >= 4 is 0 Å². The third-order valence-electron chi connectivity index (χ3n) is 3.95. The van der Waals surface area contributed by atoms with Crippen molar-refractivity contribution in [1.29, 1.82) is 0 Å². The standard InChI is InChI=1S/C13H23N/c1-4-5-6-10-7-11-12(13(10)11)8-14-9(2)3/h4-5,9-14H,6-8H2,1-3H3/b5-4-. The number of allylic oxidation sites excluding steroid dienone is 2. The highest BCUT2D eigenvalue weighted by molar-refractivity contribution is 5.11. The predicted molar refractivity (Wildman–Crippen MR) is 61.1 cm³/mol. The smallest absolute Gasteiger partial charge is 0.00104 e. The van der Waals surface area contributed by atoms with Crippen LogP contribution in [0, 0.1) is 23.7 Å². The molecule has 0 amide bonds.